The molecule has 0 saturated heterocycles. The average Bonchev–Trinajstić information content (AvgIpc) is 3.05. The molecular weight excluding hydrogens is 402 g/mol. The molecule has 4 rings (SSSR count). The summed E-state index contributed by atoms with van der Waals surface area (Å²) in [6.07, 6.45) is 0. The van der Waals surface area contributed by atoms with Crippen LogP contribution in [0, 0.1) is 20.8 Å². The topological polar surface area (TPSA) is 65.4 Å². The summed E-state index contributed by atoms with van der Waals surface area (Å²) >= 11 is 0. The first kappa shape index (κ1) is 21.4. The van der Waals surface area contributed by atoms with Crippen molar-refractivity contribution in [2.24, 2.45) is 7.05 Å². The van der Waals surface area contributed by atoms with Crippen molar-refractivity contribution < 1.29 is 14.3 Å². The van der Waals surface area contributed by atoms with Crippen LogP contribution in [0.3, 0.4) is 0 Å². The molecule has 6 heteroatoms. The molecule has 6 nitrogen and oxygen atoms in total. The van der Waals surface area contributed by atoms with Crippen LogP contribution in [0.2, 0.25) is 0 Å². The molecule has 1 amide bonds. The number of carbonyl (C=O) groups excluding carboxylic acids is 1. The number of nitrogens with zero attached hydrogens (tertiary/aromatic N) is 2. The molecule has 0 saturated carbocycles. The van der Waals surface area contributed by atoms with E-state index in [1.165, 1.54) is 12.5 Å². The fourth-order valence-corrected chi connectivity index (χ4v) is 3.69. The van der Waals surface area contributed by atoms with E-state index >= 15 is 0 Å². The second-order valence-corrected chi connectivity index (χ2v) is 8.05. The van der Waals surface area contributed by atoms with E-state index in [1.807, 2.05) is 80.1 Å². The molecule has 3 aromatic carbocycles. The number of rotatable bonds is 6. The number of nitrogens with one attached hydrogen (secondary N) is 1. The molecule has 0 aliphatic rings. The van der Waals surface area contributed by atoms with Crippen molar-refractivity contribution in [2.75, 3.05) is 5.32 Å². The summed E-state index contributed by atoms with van der Waals surface area (Å²) in [5, 5.41) is 2.88. The summed E-state index contributed by atoms with van der Waals surface area (Å²) in [6, 6.07) is 17.7. The summed E-state index contributed by atoms with van der Waals surface area (Å²) < 4.78 is 14.1. The zero-order valence-electron chi connectivity index (χ0n) is 19.0. The molecule has 0 spiro atoms. The number of fused-ring (bicyclic) bond motifs is 1. The normalized spacial score (nSPS) is 10.9. The van der Waals surface area contributed by atoms with Crippen LogP contribution in [0.15, 0.2) is 54.6 Å². The maximum absolute atomic E-state index is 11.4. The average molecular weight is 430 g/mol. The van der Waals surface area contributed by atoms with Gasteiger partial charge < -0.3 is 19.4 Å². The van der Waals surface area contributed by atoms with Crippen molar-refractivity contribution in [1.29, 1.82) is 0 Å². The third-order valence-corrected chi connectivity index (χ3v) is 5.38. The maximum Gasteiger partial charge on any atom is 0.221 e. The second-order valence-electron chi connectivity index (χ2n) is 8.05. The Morgan fingerprint density at radius 2 is 1.59 bits per heavy atom. The lowest BCUT2D eigenvalue weighted by Gasteiger charge is -2.13. The molecule has 0 bridgehead atoms. The van der Waals surface area contributed by atoms with E-state index in [-0.39, 0.29) is 5.91 Å². The van der Waals surface area contributed by atoms with Crippen LogP contribution in [0.25, 0.3) is 11.0 Å². The molecule has 1 heterocycles. The third-order valence-electron chi connectivity index (χ3n) is 5.38. The molecule has 0 aliphatic carbocycles. The predicted octanol–water partition coefficient (Wildman–Crippen LogP) is 5.83. The number of carbonyl (C=O) groups is 1. The van der Waals surface area contributed by atoms with Gasteiger partial charge in [0.25, 0.3) is 0 Å². The van der Waals surface area contributed by atoms with Gasteiger partial charge in [0.15, 0.2) is 0 Å². The monoisotopic (exact) mass is 429 g/mol. The standard InChI is InChI=1S/C26H27N3O3/c1-16-6-8-20(9-7-16)31-15-25-28-23-11-10-21(14-24(23)29(25)5)32-22-12-17(2)26(18(3)13-22)27-19(4)30/h6-14H,15H2,1-5H3,(H,27,30). The van der Waals surface area contributed by atoms with Gasteiger partial charge in [-0.15, -0.1) is 0 Å². The van der Waals surface area contributed by atoms with Gasteiger partial charge in [-0.3, -0.25) is 4.79 Å². The van der Waals surface area contributed by atoms with Gasteiger partial charge in [0.2, 0.25) is 5.91 Å². The first-order valence-electron chi connectivity index (χ1n) is 10.5. The van der Waals surface area contributed by atoms with E-state index in [9.17, 15) is 4.79 Å². The molecule has 164 valence electrons. The van der Waals surface area contributed by atoms with Crippen molar-refractivity contribution >= 4 is 22.6 Å². The van der Waals surface area contributed by atoms with Gasteiger partial charge in [-0.25, -0.2) is 4.98 Å². The number of benzene rings is 3. The van der Waals surface area contributed by atoms with Crippen LogP contribution >= 0.6 is 0 Å². The minimum absolute atomic E-state index is 0.0892. The Bertz CT molecular complexity index is 1270. The molecule has 0 atom stereocenters. The van der Waals surface area contributed by atoms with Crippen molar-refractivity contribution in [2.45, 2.75) is 34.3 Å². The number of ether oxygens (including phenoxy) is 2. The summed E-state index contributed by atoms with van der Waals surface area (Å²) in [6.45, 7) is 7.85. The van der Waals surface area contributed by atoms with Crippen molar-refractivity contribution in [1.82, 2.24) is 9.55 Å². The van der Waals surface area contributed by atoms with Gasteiger partial charge in [-0.1, -0.05) is 17.7 Å². The highest BCUT2D eigenvalue weighted by Crippen LogP contribution is 2.31. The van der Waals surface area contributed by atoms with Crippen LogP contribution in [-0.4, -0.2) is 15.5 Å². The number of hydrogen-bond donors (Lipinski definition) is 1. The fraction of sp³-hybridized carbons (Fsp3) is 0.231. The minimum atomic E-state index is -0.0892. The third kappa shape index (κ3) is 4.59. The van der Waals surface area contributed by atoms with Gasteiger partial charge in [-0.2, -0.15) is 0 Å². The lowest BCUT2D eigenvalue weighted by atomic mass is 10.1. The SMILES string of the molecule is CC(=O)Nc1c(C)cc(Oc2ccc3nc(COc4ccc(C)cc4)n(C)c3c2)cc1C. The van der Waals surface area contributed by atoms with E-state index in [0.717, 1.165) is 50.9 Å². The van der Waals surface area contributed by atoms with Gasteiger partial charge >= 0.3 is 0 Å². The molecular formula is C26H27N3O3. The molecule has 0 fully saturated rings. The molecule has 1 aromatic heterocycles. The Morgan fingerprint density at radius 1 is 0.938 bits per heavy atom. The Balaban J connectivity index is 1.54. The lowest BCUT2D eigenvalue weighted by Crippen LogP contribution is -2.08. The van der Waals surface area contributed by atoms with Crippen molar-refractivity contribution in [3.8, 4) is 17.2 Å². The molecule has 4 aromatic rings. The quantitative estimate of drug-likeness (QED) is 0.419. The molecule has 0 aliphatic heterocycles. The Hall–Kier alpha value is -3.80. The number of aromatic nitrogens is 2. The van der Waals surface area contributed by atoms with E-state index in [4.69, 9.17) is 14.5 Å². The Labute approximate surface area is 187 Å². The number of imidazole rings is 1. The molecule has 1 N–H and O–H groups in total. The fourth-order valence-electron chi connectivity index (χ4n) is 3.69. The van der Waals surface area contributed by atoms with Crippen molar-refractivity contribution in [3.05, 3.63) is 77.1 Å². The maximum atomic E-state index is 11.4. The zero-order chi connectivity index (χ0) is 22.8. The van der Waals surface area contributed by atoms with Crippen LogP contribution in [-0.2, 0) is 18.4 Å². The number of anilines is 1. The first-order valence-corrected chi connectivity index (χ1v) is 10.5. The minimum Gasteiger partial charge on any atom is -0.486 e. The largest absolute Gasteiger partial charge is 0.486 e. The number of hydrogen-bond acceptors (Lipinski definition) is 4. The van der Waals surface area contributed by atoms with Crippen molar-refractivity contribution in [3.63, 3.8) is 0 Å². The van der Waals surface area contributed by atoms with E-state index in [1.54, 1.807) is 0 Å². The van der Waals surface area contributed by atoms with E-state index in [2.05, 4.69) is 12.2 Å². The Morgan fingerprint density at radius 3 is 2.25 bits per heavy atom. The first-order chi connectivity index (χ1) is 15.3. The van der Waals surface area contributed by atoms with Crippen LogP contribution < -0.4 is 14.8 Å². The summed E-state index contributed by atoms with van der Waals surface area (Å²) in [5.74, 6) is 3.01. The molecule has 0 radical (unpaired) electrons. The highest BCUT2D eigenvalue weighted by molar-refractivity contribution is 5.90. The van der Waals surface area contributed by atoms with E-state index in [0.29, 0.717) is 6.61 Å². The number of amides is 1. The highest BCUT2D eigenvalue weighted by Gasteiger charge is 2.12. The van der Waals surface area contributed by atoms with Gasteiger partial charge in [0.05, 0.1) is 11.0 Å². The summed E-state index contributed by atoms with van der Waals surface area (Å²) in [5.41, 5.74) is 5.77. The molecule has 0 unspecified atom stereocenters. The summed E-state index contributed by atoms with van der Waals surface area (Å²) in [4.78, 5) is 16.1. The van der Waals surface area contributed by atoms with Crippen LogP contribution in [0.1, 0.15) is 29.4 Å². The van der Waals surface area contributed by atoms with Gasteiger partial charge in [-0.05, 0) is 68.3 Å². The number of aryl methyl sites for hydroxylation is 4. The summed E-state index contributed by atoms with van der Waals surface area (Å²) in [7, 11) is 1.98. The van der Waals surface area contributed by atoms with Gasteiger partial charge in [0, 0.05) is 25.7 Å². The van der Waals surface area contributed by atoms with E-state index < -0.39 is 0 Å². The van der Waals surface area contributed by atoms with Crippen LogP contribution in [0.5, 0.6) is 17.2 Å². The van der Waals surface area contributed by atoms with Crippen LogP contribution in [0.4, 0.5) is 5.69 Å². The zero-order valence-corrected chi connectivity index (χ0v) is 19.0. The lowest BCUT2D eigenvalue weighted by molar-refractivity contribution is -0.114. The highest BCUT2D eigenvalue weighted by atomic mass is 16.5. The van der Waals surface area contributed by atoms with Gasteiger partial charge in [0.1, 0.15) is 29.7 Å². The predicted molar refractivity (Wildman–Crippen MR) is 127 cm³/mol. The smallest absolute Gasteiger partial charge is 0.221 e. The second kappa shape index (κ2) is 8.75. The Kier molecular flexibility index (Phi) is 5.86. The molecule has 32 heavy (non-hydrogen) atoms.